The largest absolute Gasteiger partial charge is 0.369 e. The summed E-state index contributed by atoms with van der Waals surface area (Å²) in [5, 5.41) is 0.656. The number of fused-ring (bicyclic) bond motifs is 1. The number of sulfonamides is 1. The molecule has 1 saturated heterocycles. The van der Waals surface area contributed by atoms with Crippen molar-refractivity contribution < 1.29 is 18.0 Å². The summed E-state index contributed by atoms with van der Waals surface area (Å²) in [7, 11) is -3.63. The summed E-state index contributed by atoms with van der Waals surface area (Å²) >= 11 is 6.09. The Labute approximate surface area is 200 Å². The van der Waals surface area contributed by atoms with Gasteiger partial charge in [0, 0.05) is 61.5 Å². The third-order valence-electron chi connectivity index (χ3n) is 6.47. The molecule has 0 spiro atoms. The average Bonchev–Trinajstić information content (AvgIpc) is 3.22. The summed E-state index contributed by atoms with van der Waals surface area (Å²) in [6, 6.07) is 12.6. The predicted octanol–water partition coefficient (Wildman–Crippen LogP) is 3.36. The van der Waals surface area contributed by atoms with E-state index < -0.39 is 10.0 Å². The van der Waals surface area contributed by atoms with Crippen LogP contribution >= 0.6 is 11.6 Å². The molecule has 0 aliphatic carbocycles. The molecule has 4 rings (SSSR count). The Kier molecular flexibility index (Phi) is 6.79. The van der Waals surface area contributed by atoms with E-state index in [2.05, 4.69) is 4.90 Å². The van der Waals surface area contributed by atoms with Gasteiger partial charge in [0.15, 0.2) is 0 Å². The third-order valence-corrected chi connectivity index (χ3v) is 8.60. The number of Topliss-reactive ketones (excluding diaryl/α,β-unsaturated/α-hetero) is 1. The standard InChI is InChI=1S/C24H28ClN3O4S/c1-17(18(2)29)14-24(30)28-9-8-19-15-22(6-7-23(19)28)33(31,32)27-12-10-26(11-13-27)21-5-3-4-20(25)16-21/h3-7,15-17H,8-14H2,1-2H3. The molecule has 1 fully saturated rings. The van der Waals surface area contributed by atoms with Crippen LogP contribution in [-0.4, -0.2) is 57.1 Å². The molecule has 7 nitrogen and oxygen atoms in total. The predicted molar refractivity (Wildman–Crippen MR) is 129 cm³/mol. The van der Waals surface area contributed by atoms with Gasteiger partial charge >= 0.3 is 0 Å². The second kappa shape index (κ2) is 9.44. The first-order valence-corrected chi connectivity index (χ1v) is 12.9. The third kappa shape index (κ3) is 4.93. The molecule has 2 heterocycles. The number of nitrogens with zero attached hydrogens (tertiary/aromatic N) is 3. The summed E-state index contributed by atoms with van der Waals surface area (Å²) < 4.78 is 28.1. The van der Waals surface area contributed by atoms with Crippen molar-refractivity contribution in [2.24, 2.45) is 5.92 Å². The minimum Gasteiger partial charge on any atom is -0.369 e. The molecule has 2 aliphatic heterocycles. The molecule has 0 radical (unpaired) electrons. The first-order chi connectivity index (χ1) is 15.7. The molecule has 0 N–H and O–H groups in total. The summed E-state index contributed by atoms with van der Waals surface area (Å²) in [5.41, 5.74) is 2.57. The molecular weight excluding hydrogens is 462 g/mol. The van der Waals surface area contributed by atoms with Gasteiger partial charge in [-0.25, -0.2) is 8.42 Å². The maximum atomic E-state index is 13.3. The lowest BCUT2D eigenvalue weighted by Gasteiger charge is -2.35. The SMILES string of the molecule is CC(=O)C(C)CC(=O)N1CCc2cc(S(=O)(=O)N3CCN(c4cccc(Cl)c4)CC3)ccc21. The number of piperazine rings is 1. The Hall–Kier alpha value is -2.42. The first-order valence-electron chi connectivity index (χ1n) is 11.1. The van der Waals surface area contributed by atoms with Crippen LogP contribution in [0.3, 0.4) is 0 Å². The number of rotatable bonds is 6. The number of benzene rings is 2. The fourth-order valence-electron chi connectivity index (χ4n) is 4.32. The van der Waals surface area contributed by atoms with Crippen molar-refractivity contribution in [1.29, 1.82) is 0 Å². The van der Waals surface area contributed by atoms with E-state index in [1.807, 2.05) is 24.3 Å². The minimum atomic E-state index is -3.63. The Morgan fingerprint density at radius 2 is 1.76 bits per heavy atom. The molecule has 0 aromatic heterocycles. The van der Waals surface area contributed by atoms with E-state index >= 15 is 0 Å². The number of hydrogen-bond acceptors (Lipinski definition) is 5. The van der Waals surface area contributed by atoms with E-state index in [0.29, 0.717) is 44.2 Å². The summed E-state index contributed by atoms with van der Waals surface area (Å²) in [4.78, 5) is 28.2. The number of carbonyl (C=O) groups excluding carboxylic acids is 2. The number of halogens is 1. The van der Waals surface area contributed by atoms with Gasteiger partial charge in [0.05, 0.1) is 4.90 Å². The maximum Gasteiger partial charge on any atom is 0.243 e. The average molecular weight is 490 g/mol. The second-order valence-corrected chi connectivity index (χ2v) is 11.0. The van der Waals surface area contributed by atoms with Crippen LogP contribution in [0.4, 0.5) is 11.4 Å². The van der Waals surface area contributed by atoms with Crippen molar-refractivity contribution in [2.45, 2.75) is 31.6 Å². The fourth-order valence-corrected chi connectivity index (χ4v) is 5.98. The molecule has 2 aliphatic rings. The molecule has 176 valence electrons. The lowest BCUT2D eigenvalue weighted by molar-refractivity contribution is -0.126. The second-order valence-electron chi connectivity index (χ2n) is 8.67. The molecule has 1 unspecified atom stereocenters. The highest BCUT2D eigenvalue weighted by Gasteiger charge is 2.32. The van der Waals surface area contributed by atoms with Gasteiger partial charge in [-0.1, -0.05) is 24.6 Å². The normalized spacial score (nSPS) is 17.7. The summed E-state index contributed by atoms with van der Waals surface area (Å²) in [6.45, 7) is 5.68. The Balaban J connectivity index is 1.45. The molecule has 9 heteroatoms. The van der Waals surface area contributed by atoms with E-state index in [1.165, 1.54) is 11.2 Å². The van der Waals surface area contributed by atoms with Crippen molar-refractivity contribution in [3.05, 3.63) is 53.1 Å². The zero-order valence-corrected chi connectivity index (χ0v) is 20.4. The van der Waals surface area contributed by atoms with Gasteiger partial charge in [0.25, 0.3) is 0 Å². The van der Waals surface area contributed by atoms with Crippen molar-refractivity contribution in [3.63, 3.8) is 0 Å². The van der Waals surface area contributed by atoms with E-state index in [-0.39, 0.29) is 28.9 Å². The van der Waals surface area contributed by atoms with Crippen LogP contribution in [0.15, 0.2) is 47.4 Å². The number of anilines is 2. The highest BCUT2D eigenvalue weighted by Crippen LogP contribution is 2.32. The van der Waals surface area contributed by atoms with E-state index in [4.69, 9.17) is 11.6 Å². The maximum absolute atomic E-state index is 13.3. The molecule has 33 heavy (non-hydrogen) atoms. The zero-order valence-electron chi connectivity index (χ0n) is 18.8. The highest BCUT2D eigenvalue weighted by molar-refractivity contribution is 7.89. The van der Waals surface area contributed by atoms with E-state index in [9.17, 15) is 18.0 Å². The molecule has 1 atom stereocenters. The van der Waals surface area contributed by atoms with Crippen LogP contribution in [0.25, 0.3) is 0 Å². The van der Waals surface area contributed by atoms with Crippen LogP contribution in [0.5, 0.6) is 0 Å². The summed E-state index contributed by atoms with van der Waals surface area (Å²) in [5.74, 6) is -0.448. The van der Waals surface area contributed by atoms with Crippen molar-refractivity contribution in [1.82, 2.24) is 4.31 Å². The van der Waals surface area contributed by atoms with Crippen molar-refractivity contribution in [2.75, 3.05) is 42.5 Å². The van der Waals surface area contributed by atoms with Crippen LogP contribution in [0.1, 0.15) is 25.8 Å². The number of ketones is 1. The zero-order chi connectivity index (χ0) is 23.8. The molecule has 0 saturated carbocycles. The topological polar surface area (TPSA) is 78.0 Å². The van der Waals surface area contributed by atoms with Gasteiger partial charge in [-0.3, -0.25) is 9.59 Å². The van der Waals surface area contributed by atoms with Gasteiger partial charge in [0.2, 0.25) is 15.9 Å². The van der Waals surface area contributed by atoms with E-state index in [1.54, 1.807) is 30.0 Å². The van der Waals surface area contributed by atoms with Gasteiger partial charge in [-0.05, 0) is 55.3 Å². The number of amides is 1. The van der Waals surface area contributed by atoms with Crippen LogP contribution in [0.2, 0.25) is 5.02 Å². The van der Waals surface area contributed by atoms with Crippen molar-refractivity contribution in [3.8, 4) is 0 Å². The Morgan fingerprint density at radius 1 is 1.03 bits per heavy atom. The van der Waals surface area contributed by atoms with Gasteiger partial charge < -0.3 is 9.80 Å². The molecular formula is C24H28ClN3O4S. The van der Waals surface area contributed by atoms with Gasteiger partial charge in [0.1, 0.15) is 5.78 Å². The van der Waals surface area contributed by atoms with Gasteiger partial charge in [-0.2, -0.15) is 4.31 Å². The molecule has 0 bridgehead atoms. The fraction of sp³-hybridized carbons (Fsp3) is 0.417. The molecule has 2 aromatic carbocycles. The summed E-state index contributed by atoms with van der Waals surface area (Å²) in [6.07, 6.45) is 0.757. The van der Waals surface area contributed by atoms with Gasteiger partial charge in [-0.15, -0.1) is 0 Å². The lowest BCUT2D eigenvalue weighted by Crippen LogP contribution is -2.48. The monoisotopic (exact) mass is 489 g/mol. The number of carbonyl (C=O) groups is 2. The van der Waals surface area contributed by atoms with Crippen LogP contribution < -0.4 is 9.80 Å². The van der Waals surface area contributed by atoms with Crippen LogP contribution in [0, 0.1) is 5.92 Å². The molecule has 2 aromatic rings. The van der Waals surface area contributed by atoms with E-state index in [0.717, 1.165) is 16.9 Å². The first kappa shape index (κ1) is 23.7. The van der Waals surface area contributed by atoms with Crippen molar-refractivity contribution >= 4 is 44.7 Å². The van der Waals surface area contributed by atoms with Crippen LogP contribution in [-0.2, 0) is 26.0 Å². The quantitative estimate of drug-likeness (QED) is 0.621. The number of hydrogen-bond donors (Lipinski definition) is 0. The lowest BCUT2D eigenvalue weighted by atomic mass is 10.0. The Morgan fingerprint density at radius 3 is 2.42 bits per heavy atom. The molecule has 1 amide bonds. The minimum absolute atomic E-state index is 0.0142. The Bertz CT molecular complexity index is 1180. The highest BCUT2D eigenvalue weighted by atomic mass is 35.5. The smallest absolute Gasteiger partial charge is 0.243 e.